The first kappa shape index (κ1) is 15.4. The summed E-state index contributed by atoms with van der Waals surface area (Å²) >= 11 is 4.76. The molecule has 3 N–H and O–H groups in total. The molecule has 0 spiro atoms. The van der Waals surface area contributed by atoms with Crippen LogP contribution in [0.4, 0.5) is 13.2 Å². The lowest BCUT2D eigenvalue weighted by atomic mass is 10.0. The molecule has 0 aliphatic rings. The molecular weight excluding hydrogens is 277 g/mol. The monoisotopic (exact) mass is 290 g/mol. The van der Waals surface area contributed by atoms with Gasteiger partial charge < -0.3 is 11.1 Å². The van der Waals surface area contributed by atoms with Crippen molar-refractivity contribution in [3.8, 4) is 0 Å². The number of amides is 1. The highest BCUT2D eigenvalue weighted by Gasteiger charge is 2.24. The molecule has 0 fully saturated rings. The summed E-state index contributed by atoms with van der Waals surface area (Å²) in [4.78, 5) is 11.8. The van der Waals surface area contributed by atoms with Crippen molar-refractivity contribution >= 4 is 23.1 Å². The van der Waals surface area contributed by atoms with E-state index in [0.29, 0.717) is 12.1 Å². The van der Waals surface area contributed by atoms with Crippen molar-refractivity contribution in [2.75, 3.05) is 0 Å². The fraction of sp³-hybridized carbons (Fsp3) is 0.333. The minimum atomic E-state index is -1.28. The van der Waals surface area contributed by atoms with E-state index >= 15 is 0 Å². The predicted molar refractivity (Wildman–Crippen MR) is 69.2 cm³/mol. The number of nitrogens with one attached hydrogen (secondary N) is 1. The molecule has 19 heavy (non-hydrogen) atoms. The third kappa shape index (κ3) is 3.66. The van der Waals surface area contributed by atoms with Gasteiger partial charge in [0.05, 0.1) is 11.0 Å². The van der Waals surface area contributed by atoms with E-state index in [-0.39, 0.29) is 10.9 Å². The summed E-state index contributed by atoms with van der Waals surface area (Å²) in [5.41, 5.74) is 4.58. The van der Waals surface area contributed by atoms with Gasteiger partial charge in [0, 0.05) is 12.1 Å². The number of carbonyl (C=O) groups is 1. The Morgan fingerprint density at radius 3 is 2.11 bits per heavy atom. The topological polar surface area (TPSA) is 55.1 Å². The van der Waals surface area contributed by atoms with Crippen LogP contribution in [0.1, 0.15) is 24.2 Å². The lowest BCUT2D eigenvalue weighted by Crippen LogP contribution is -2.47. The zero-order chi connectivity index (χ0) is 14.7. The predicted octanol–water partition coefficient (Wildman–Crippen LogP) is 2.14. The van der Waals surface area contributed by atoms with Crippen molar-refractivity contribution in [2.45, 2.75) is 19.9 Å². The van der Waals surface area contributed by atoms with Crippen LogP contribution >= 0.6 is 12.2 Å². The summed E-state index contributed by atoms with van der Waals surface area (Å²) in [6, 6.07) is 0.165. The zero-order valence-corrected chi connectivity index (χ0v) is 11.2. The van der Waals surface area contributed by atoms with E-state index in [4.69, 9.17) is 18.0 Å². The molecule has 0 aliphatic carbocycles. The number of hydrogen-bond donors (Lipinski definition) is 2. The van der Waals surface area contributed by atoms with Gasteiger partial charge in [-0.1, -0.05) is 26.1 Å². The van der Waals surface area contributed by atoms with Gasteiger partial charge in [0.15, 0.2) is 0 Å². The fourth-order valence-electron chi connectivity index (χ4n) is 1.54. The average Bonchev–Trinajstić information content (AvgIpc) is 2.23. The van der Waals surface area contributed by atoms with Gasteiger partial charge in [0.25, 0.3) is 5.91 Å². The molecule has 0 radical (unpaired) electrons. The molecular formula is C12H13F3N2OS. The second-order valence-electron chi connectivity index (χ2n) is 4.34. The first-order valence-corrected chi connectivity index (χ1v) is 5.89. The minimum absolute atomic E-state index is 0.00581. The molecule has 1 aromatic carbocycles. The molecule has 0 saturated carbocycles. The van der Waals surface area contributed by atoms with Gasteiger partial charge in [-0.25, -0.2) is 13.2 Å². The fourth-order valence-corrected chi connectivity index (χ4v) is 1.87. The molecule has 0 aromatic heterocycles. The zero-order valence-electron chi connectivity index (χ0n) is 10.3. The molecule has 1 unspecified atom stereocenters. The lowest BCUT2D eigenvalue weighted by molar-refractivity contribution is 0.0931. The van der Waals surface area contributed by atoms with Crippen molar-refractivity contribution in [1.82, 2.24) is 5.32 Å². The van der Waals surface area contributed by atoms with Crippen LogP contribution in [0, 0.1) is 23.4 Å². The van der Waals surface area contributed by atoms with E-state index in [2.05, 4.69) is 5.32 Å². The number of benzene rings is 1. The third-order valence-corrected chi connectivity index (χ3v) is 2.75. The molecule has 1 rings (SSSR count). The maximum absolute atomic E-state index is 13.4. The molecule has 0 aliphatic heterocycles. The van der Waals surface area contributed by atoms with Crippen molar-refractivity contribution in [3.05, 3.63) is 35.1 Å². The second-order valence-corrected chi connectivity index (χ2v) is 4.81. The van der Waals surface area contributed by atoms with Crippen LogP contribution in [-0.2, 0) is 0 Å². The van der Waals surface area contributed by atoms with E-state index in [1.165, 1.54) is 0 Å². The normalized spacial score (nSPS) is 12.3. The van der Waals surface area contributed by atoms with Crippen molar-refractivity contribution < 1.29 is 18.0 Å². The Balaban J connectivity index is 3.05. The number of halogens is 3. The number of carbonyl (C=O) groups excluding carboxylic acids is 1. The Morgan fingerprint density at radius 2 is 1.74 bits per heavy atom. The number of thiocarbonyl (C=S) groups is 1. The molecule has 0 saturated heterocycles. The minimum Gasteiger partial charge on any atom is -0.392 e. The summed E-state index contributed by atoms with van der Waals surface area (Å²) in [5.74, 6) is -4.82. The van der Waals surface area contributed by atoms with Crippen LogP contribution in [0.5, 0.6) is 0 Å². The highest BCUT2D eigenvalue weighted by molar-refractivity contribution is 7.80. The van der Waals surface area contributed by atoms with Gasteiger partial charge in [0.1, 0.15) is 23.0 Å². The van der Waals surface area contributed by atoms with Gasteiger partial charge in [-0.05, 0) is 5.92 Å². The van der Waals surface area contributed by atoms with Gasteiger partial charge in [-0.15, -0.1) is 0 Å². The first-order chi connectivity index (χ1) is 8.73. The first-order valence-electron chi connectivity index (χ1n) is 5.48. The quantitative estimate of drug-likeness (QED) is 0.835. The van der Waals surface area contributed by atoms with Gasteiger partial charge in [-0.3, -0.25) is 4.79 Å². The van der Waals surface area contributed by atoms with Crippen LogP contribution in [0.3, 0.4) is 0 Å². The summed E-state index contributed by atoms with van der Waals surface area (Å²) in [6.45, 7) is 3.48. The smallest absolute Gasteiger partial charge is 0.257 e. The Labute approximate surface area is 114 Å². The van der Waals surface area contributed by atoms with E-state index < -0.39 is 35.0 Å². The van der Waals surface area contributed by atoms with E-state index in [1.807, 2.05) is 0 Å². The molecule has 0 heterocycles. The molecule has 104 valence electrons. The maximum Gasteiger partial charge on any atom is 0.257 e. The summed E-state index contributed by atoms with van der Waals surface area (Å²) in [7, 11) is 0. The number of rotatable bonds is 4. The van der Waals surface area contributed by atoms with Gasteiger partial charge in [0.2, 0.25) is 0 Å². The summed E-state index contributed by atoms with van der Waals surface area (Å²) in [6.07, 6.45) is 0. The van der Waals surface area contributed by atoms with E-state index in [1.54, 1.807) is 13.8 Å². The third-order valence-electron chi connectivity index (χ3n) is 2.49. The lowest BCUT2D eigenvalue weighted by Gasteiger charge is -2.21. The summed E-state index contributed by atoms with van der Waals surface area (Å²) in [5, 5.41) is 2.33. The molecule has 0 bridgehead atoms. The van der Waals surface area contributed by atoms with Gasteiger partial charge >= 0.3 is 0 Å². The average molecular weight is 290 g/mol. The Hall–Kier alpha value is -1.63. The molecule has 1 amide bonds. The molecule has 1 aromatic rings. The van der Waals surface area contributed by atoms with Crippen LogP contribution < -0.4 is 11.1 Å². The maximum atomic E-state index is 13.4. The Kier molecular flexibility index (Phi) is 4.88. The molecule has 3 nitrogen and oxygen atoms in total. The van der Waals surface area contributed by atoms with E-state index in [0.717, 1.165) is 0 Å². The number of hydrogen-bond acceptors (Lipinski definition) is 2. The van der Waals surface area contributed by atoms with Gasteiger partial charge in [-0.2, -0.15) is 0 Å². The van der Waals surface area contributed by atoms with E-state index in [9.17, 15) is 18.0 Å². The molecule has 7 heteroatoms. The van der Waals surface area contributed by atoms with Crippen LogP contribution in [0.2, 0.25) is 0 Å². The Bertz CT molecular complexity index is 497. The van der Waals surface area contributed by atoms with Crippen LogP contribution in [0.15, 0.2) is 12.1 Å². The largest absolute Gasteiger partial charge is 0.392 e. The summed E-state index contributed by atoms with van der Waals surface area (Å²) < 4.78 is 39.6. The van der Waals surface area contributed by atoms with Crippen molar-refractivity contribution in [1.29, 1.82) is 0 Å². The second kappa shape index (κ2) is 6.01. The highest BCUT2D eigenvalue weighted by atomic mass is 32.1. The van der Waals surface area contributed by atoms with Crippen LogP contribution in [0.25, 0.3) is 0 Å². The SMILES string of the molecule is CC(C)C(NC(=O)c1c(F)cc(F)cc1F)C(N)=S. The number of nitrogens with two attached hydrogens (primary N) is 1. The Morgan fingerprint density at radius 1 is 1.26 bits per heavy atom. The molecule has 1 atom stereocenters. The van der Waals surface area contributed by atoms with Crippen molar-refractivity contribution in [3.63, 3.8) is 0 Å². The van der Waals surface area contributed by atoms with Crippen LogP contribution in [-0.4, -0.2) is 16.9 Å². The standard InChI is InChI=1S/C12H13F3N2OS/c1-5(2)10(11(16)19)17-12(18)9-7(14)3-6(13)4-8(9)15/h3-5,10H,1-2H3,(H2,16,19)(H,17,18). The highest BCUT2D eigenvalue weighted by Crippen LogP contribution is 2.15. The van der Waals surface area contributed by atoms with Crippen molar-refractivity contribution in [2.24, 2.45) is 11.7 Å².